The Morgan fingerprint density at radius 3 is 2.35 bits per heavy atom. The van der Waals surface area contributed by atoms with E-state index in [1.54, 1.807) is 0 Å². The molecule has 0 atom stereocenters. The lowest BCUT2D eigenvalue weighted by molar-refractivity contribution is 0.102. The molecule has 0 saturated heterocycles. The van der Waals surface area contributed by atoms with Gasteiger partial charge in [0.2, 0.25) is 0 Å². The van der Waals surface area contributed by atoms with Crippen molar-refractivity contribution in [1.29, 1.82) is 0 Å². The van der Waals surface area contributed by atoms with E-state index in [1.165, 1.54) is 38.1 Å². The third kappa shape index (κ3) is 4.30. The highest BCUT2D eigenvalue weighted by molar-refractivity contribution is 6.02. The highest BCUT2D eigenvalue weighted by Crippen LogP contribution is 2.21. The van der Waals surface area contributed by atoms with Gasteiger partial charge in [-0.15, -0.1) is 0 Å². The molecule has 1 aromatic heterocycles. The summed E-state index contributed by atoms with van der Waals surface area (Å²) in [6.07, 6.45) is 9.65. The molecular weight excluding hydrogens is 345 g/mol. The predicted molar refractivity (Wildman–Crippen MR) is 91.4 cm³/mol. The van der Waals surface area contributed by atoms with Crippen LogP contribution in [0.25, 0.3) is 0 Å². The Balaban J connectivity index is 1.64. The van der Waals surface area contributed by atoms with E-state index in [-0.39, 0.29) is 5.69 Å². The minimum Gasteiger partial charge on any atom is -0.366 e. The highest BCUT2D eigenvalue weighted by atomic mass is 19.2. The Kier molecular flexibility index (Phi) is 5.70. The van der Waals surface area contributed by atoms with Gasteiger partial charge in [-0.05, 0) is 25.0 Å². The van der Waals surface area contributed by atoms with Gasteiger partial charge in [0, 0.05) is 6.04 Å². The highest BCUT2D eigenvalue weighted by Gasteiger charge is 2.17. The normalized spacial score (nSPS) is 15.3. The first-order valence-electron chi connectivity index (χ1n) is 8.58. The van der Waals surface area contributed by atoms with Crippen molar-refractivity contribution in [2.75, 3.05) is 10.6 Å². The monoisotopic (exact) mass is 364 g/mol. The average Bonchev–Trinajstić information content (AvgIpc) is 2.91. The van der Waals surface area contributed by atoms with Crippen LogP contribution in [0.1, 0.15) is 49.0 Å². The molecule has 2 N–H and O–H groups in total. The van der Waals surface area contributed by atoms with Crippen molar-refractivity contribution in [3.63, 3.8) is 0 Å². The molecule has 0 radical (unpaired) electrons. The number of anilines is 2. The van der Waals surface area contributed by atoms with Crippen LogP contribution in [0.5, 0.6) is 0 Å². The van der Waals surface area contributed by atoms with Crippen molar-refractivity contribution >= 4 is 17.4 Å². The van der Waals surface area contributed by atoms with Gasteiger partial charge in [0.25, 0.3) is 5.91 Å². The van der Waals surface area contributed by atoms with Crippen LogP contribution < -0.4 is 10.6 Å². The molecule has 26 heavy (non-hydrogen) atoms. The minimum absolute atomic E-state index is 0.0550. The summed E-state index contributed by atoms with van der Waals surface area (Å²) in [6.45, 7) is 0. The molecule has 1 saturated carbocycles. The van der Waals surface area contributed by atoms with E-state index in [0.717, 1.165) is 25.0 Å². The maximum Gasteiger partial charge on any atom is 0.275 e. The molecular formula is C18H19F3N4O. The molecule has 1 aliphatic carbocycles. The lowest BCUT2D eigenvalue weighted by atomic mass is 10.1. The SMILES string of the molecule is O=C(Nc1ccc(F)c(F)c1F)c1cnc(NC2CCCCCC2)cn1. The Morgan fingerprint density at radius 1 is 0.962 bits per heavy atom. The van der Waals surface area contributed by atoms with Gasteiger partial charge in [-0.1, -0.05) is 25.7 Å². The number of nitrogens with zero attached hydrogens (tertiary/aromatic N) is 2. The summed E-state index contributed by atoms with van der Waals surface area (Å²) in [5, 5.41) is 5.46. The first kappa shape index (κ1) is 18.2. The van der Waals surface area contributed by atoms with E-state index < -0.39 is 29.0 Å². The molecule has 1 fully saturated rings. The summed E-state index contributed by atoms with van der Waals surface area (Å²) in [4.78, 5) is 20.3. The van der Waals surface area contributed by atoms with Crippen LogP contribution >= 0.6 is 0 Å². The zero-order valence-corrected chi connectivity index (χ0v) is 14.1. The van der Waals surface area contributed by atoms with E-state index in [1.807, 2.05) is 0 Å². The fraction of sp³-hybridized carbons (Fsp3) is 0.389. The molecule has 5 nitrogen and oxygen atoms in total. The Hall–Kier alpha value is -2.64. The van der Waals surface area contributed by atoms with E-state index >= 15 is 0 Å². The van der Waals surface area contributed by atoms with Crippen LogP contribution in [0, 0.1) is 17.5 Å². The van der Waals surface area contributed by atoms with Crippen LogP contribution in [0.3, 0.4) is 0 Å². The molecule has 0 bridgehead atoms. The fourth-order valence-electron chi connectivity index (χ4n) is 2.96. The topological polar surface area (TPSA) is 66.9 Å². The number of amides is 1. The molecule has 1 aliphatic rings. The number of hydrogen-bond acceptors (Lipinski definition) is 4. The number of benzene rings is 1. The number of halogens is 3. The quantitative estimate of drug-likeness (QED) is 0.628. The van der Waals surface area contributed by atoms with Crippen LogP contribution in [0.15, 0.2) is 24.5 Å². The number of nitrogens with one attached hydrogen (secondary N) is 2. The van der Waals surface area contributed by atoms with Gasteiger partial charge in [0.15, 0.2) is 17.5 Å². The van der Waals surface area contributed by atoms with Crippen LogP contribution in [-0.2, 0) is 0 Å². The number of carbonyl (C=O) groups is 1. The summed E-state index contributed by atoms with van der Waals surface area (Å²) < 4.78 is 39.8. The van der Waals surface area contributed by atoms with E-state index in [2.05, 4.69) is 20.6 Å². The molecule has 8 heteroatoms. The van der Waals surface area contributed by atoms with Crippen molar-refractivity contribution < 1.29 is 18.0 Å². The summed E-state index contributed by atoms with van der Waals surface area (Å²) in [7, 11) is 0. The molecule has 138 valence electrons. The summed E-state index contributed by atoms with van der Waals surface area (Å²) in [5.74, 6) is -4.63. The summed E-state index contributed by atoms with van der Waals surface area (Å²) >= 11 is 0. The maximum absolute atomic E-state index is 13.6. The zero-order chi connectivity index (χ0) is 18.5. The maximum atomic E-state index is 13.6. The second-order valence-electron chi connectivity index (χ2n) is 6.30. The molecule has 3 rings (SSSR count). The molecule has 0 unspecified atom stereocenters. The number of aromatic nitrogens is 2. The third-order valence-corrected chi connectivity index (χ3v) is 4.38. The van der Waals surface area contributed by atoms with Gasteiger partial charge < -0.3 is 10.6 Å². The van der Waals surface area contributed by atoms with E-state index in [4.69, 9.17) is 0 Å². The largest absolute Gasteiger partial charge is 0.366 e. The minimum atomic E-state index is -1.64. The summed E-state index contributed by atoms with van der Waals surface area (Å²) in [6, 6.07) is 2.02. The Labute approximate surface area is 149 Å². The lowest BCUT2D eigenvalue weighted by Crippen LogP contribution is -2.20. The first-order valence-corrected chi connectivity index (χ1v) is 8.58. The van der Waals surface area contributed by atoms with Crippen LogP contribution in [-0.4, -0.2) is 21.9 Å². The second kappa shape index (κ2) is 8.16. The lowest BCUT2D eigenvalue weighted by Gasteiger charge is -2.16. The first-order chi connectivity index (χ1) is 12.5. The number of carbonyl (C=O) groups excluding carboxylic acids is 1. The van der Waals surface area contributed by atoms with Crippen molar-refractivity contribution in [2.45, 2.75) is 44.6 Å². The molecule has 1 aromatic carbocycles. The van der Waals surface area contributed by atoms with E-state index in [9.17, 15) is 18.0 Å². The predicted octanol–water partition coefficient (Wildman–Crippen LogP) is 4.28. The van der Waals surface area contributed by atoms with Gasteiger partial charge >= 0.3 is 0 Å². The molecule has 0 spiro atoms. The standard InChI is InChI=1S/C18H19F3N4O/c19-12-7-8-13(17(21)16(12)20)25-18(26)14-9-23-15(10-22-14)24-11-5-3-1-2-4-6-11/h7-11H,1-6H2,(H,23,24)(H,25,26). The molecule has 1 amide bonds. The number of hydrogen-bond donors (Lipinski definition) is 2. The van der Waals surface area contributed by atoms with E-state index in [0.29, 0.717) is 11.9 Å². The van der Waals surface area contributed by atoms with Gasteiger partial charge in [0.05, 0.1) is 18.1 Å². The Morgan fingerprint density at radius 2 is 1.69 bits per heavy atom. The second-order valence-corrected chi connectivity index (χ2v) is 6.30. The van der Waals surface area contributed by atoms with Crippen LogP contribution in [0.2, 0.25) is 0 Å². The van der Waals surface area contributed by atoms with Crippen molar-refractivity contribution in [2.24, 2.45) is 0 Å². The van der Waals surface area contributed by atoms with Gasteiger partial charge in [-0.2, -0.15) is 0 Å². The number of rotatable bonds is 4. The van der Waals surface area contributed by atoms with Crippen molar-refractivity contribution in [3.05, 3.63) is 47.7 Å². The third-order valence-electron chi connectivity index (χ3n) is 4.38. The van der Waals surface area contributed by atoms with Gasteiger partial charge in [0.1, 0.15) is 11.5 Å². The average molecular weight is 364 g/mol. The fourth-order valence-corrected chi connectivity index (χ4v) is 2.96. The van der Waals surface area contributed by atoms with Crippen molar-refractivity contribution in [3.8, 4) is 0 Å². The zero-order valence-electron chi connectivity index (χ0n) is 14.1. The summed E-state index contributed by atoms with van der Waals surface area (Å²) in [5.41, 5.74) is -0.517. The van der Waals surface area contributed by atoms with Crippen LogP contribution in [0.4, 0.5) is 24.7 Å². The molecule has 0 aliphatic heterocycles. The van der Waals surface area contributed by atoms with Crippen molar-refractivity contribution in [1.82, 2.24) is 9.97 Å². The smallest absolute Gasteiger partial charge is 0.275 e. The Bertz CT molecular complexity index is 775. The molecule has 2 aromatic rings. The van der Waals surface area contributed by atoms with Gasteiger partial charge in [-0.3, -0.25) is 4.79 Å². The molecule has 1 heterocycles. The van der Waals surface area contributed by atoms with Gasteiger partial charge in [-0.25, -0.2) is 23.1 Å².